The summed E-state index contributed by atoms with van der Waals surface area (Å²) in [4.78, 5) is 14.1. The Morgan fingerprint density at radius 3 is 2.82 bits per heavy atom. The number of alkyl halides is 1. The summed E-state index contributed by atoms with van der Waals surface area (Å²) in [5.41, 5.74) is 0. The Bertz CT molecular complexity index is 270. The third kappa shape index (κ3) is 3.19. The van der Waals surface area contributed by atoms with Gasteiger partial charge in [-0.05, 0) is 6.92 Å². The van der Waals surface area contributed by atoms with Crippen molar-refractivity contribution in [2.45, 2.75) is 25.2 Å². The van der Waals surface area contributed by atoms with E-state index in [4.69, 9.17) is 14.2 Å². The van der Waals surface area contributed by atoms with Gasteiger partial charge in [0.05, 0.1) is 38.6 Å². The second-order valence-corrected chi connectivity index (χ2v) is 5.03. The van der Waals surface area contributed by atoms with Gasteiger partial charge in [0.1, 0.15) is 0 Å². The van der Waals surface area contributed by atoms with E-state index in [1.54, 1.807) is 0 Å². The maximum Gasteiger partial charge on any atom is 0.254 e. The van der Waals surface area contributed by atoms with Gasteiger partial charge in [-0.15, -0.1) is 0 Å². The van der Waals surface area contributed by atoms with Gasteiger partial charge in [0.25, 0.3) is 5.91 Å². The topological polar surface area (TPSA) is 48.0 Å². The van der Waals surface area contributed by atoms with Crippen molar-refractivity contribution in [1.29, 1.82) is 0 Å². The SMILES string of the molecule is CC1COC(CBr)CN1C(=O)C1COCCO1. The van der Waals surface area contributed by atoms with E-state index < -0.39 is 6.10 Å². The molecule has 0 spiro atoms. The first-order chi connectivity index (χ1) is 8.22. The van der Waals surface area contributed by atoms with Crippen LogP contribution >= 0.6 is 15.9 Å². The van der Waals surface area contributed by atoms with Gasteiger partial charge < -0.3 is 19.1 Å². The first kappa shape index (κ1) is 13.3. The van der Waals surface area contributed by atoms with Crippen LogP contribution in [0.3, 0.4) is 0 Å². The molecule has 2 saturated heterocycles. The predicted octanol–water partition coefficient (Wildman–Crippen LogP) is 0.413. The molecule has 2 rings (SSSR count). The van der Waals surface area contributed by atoms with Crippen LogP contribution in [-0.4, -0.2) is 67.4 Å². The van der Waals surface area contributed by atoms with Crippen LogP contribution in [0.2, 0.25) is 0 Å². The van der Waals surface area contributed by atoms with E-state index in [1.165, 1.54) is 0 Å². The minimum Gasteiger partial charge on any atom is -0.376 e. The van der Waals surface area contributed by atoms with Crippen LogP contribution in [-0.2, 0) is 19.0 Å². The fourth-order valence-electron chi connectivity index (χ4n) is 2.03. The second kappa shape index (κ2) is 6.13. The molecule has 2 heterocycles. The van der Waals surface area contributed by atoms with Crippen LogP contribution in [0.5, 0.6) is 0 Å². The number of halogens is 1. The van der Waals surface area contributed by atoms with Crippen LogP contribution in [0.1, 0.15) is 6.92 Å². The molecule has 0 radical (unpaired) electrons. The molecule has 5 nitrogen and oxygen atoms in total. The molecule has 2 fully saturated rings. The Kier molecular flexibility index (Phi) is 4.78. The number of carbonyl (C=O) groups excluding carboxylic acids is 1. The molecule has 0 bridgehead atoms. The van der Waals surface area contributed by atoms with Crippen LogP contribution in [0.4, 0.5) is 0 Å². The van der Waals surface area contributed by atoms with Crippen molar-refractivity contribution < 1.29 is 19.0 Å². The Morgan fingerprint density at radius 2 is 2.18 bits per heavy atom. The summed E-state index contributed by atoms with van der Waals surface area (Å²) in [6.45, 7) is 4.62. The quantitative estimate of drug-likeness (QED) is 0.694. The Hall–Kier alpha value is -0.170. The summed E-state index contributed by atoms with van der Waals surface area (Å²) in [5.74, 6) is 0.0199. The fourth-order valence-corrected chi connectivity index (χ4v) is 2.42. The highest BCUT2D eigenvalue weighted by atomic mass is 79.9. The number of morpholine rings is 1. The van der Waals surface area contributed by atoms with Crippen LogP contribution in [0, 0.1) is 0 Å². The Morgan fingerprint density at radius 1 is 1.35 bits per heavy atom. The average Bonchev–Trinajstić information content (AvgIpc) is 2.39. The van der Waals surface area contributed by atoms with Crippen molar-refractivity contribution in [1.82, 2.24) is 4.90 Å². The van der Waals surface area contributed by atoms with Crippen molar-refractivity contribution in [2.75, 3.05) is 38.3 Å². The lowest BCUT2D eigenvalue weighted by Gasteiger charge is -2.39. The third-order valence-electron chi connectivity index (χ3n) is 3.05. The molecule has 1 amide bonds. The molecule has 3 atom stereocenters. The lowest BCUT2D eigenvalue weighted by atomic mass is 10.1. The highest BCUT2D eigenvalue weighted by Crippen LogP contribution is 2.16. The van der Waals surface area contributed by atoms with E-state index in [9.17, 15) is 4.79 Å². The van der Waals surface area contributed by atoms with Gasteiger partial charge >= 0.3 is 0 Å². The zero-order chi connectivity index (χ0) is 12.3. The lowest BCUT2D eigenvalue weighted by molar-refractivity contribution is -0.167. The minimum atomic E-state index is -0.444. The van der Waals surface area contributed by atoms with E-state index in [1.807, 2.05) is 11.8 Å². The van der Waals surface area contributed by atoms with Crippen LogP contribution < -0.4 is 0 Å². The Balaban J connectivity index is 1.95. The molecule has 0 aromatic heterocycles. The summed E-state index contributed by atoms with van der Waals surface area (Å²) >= 11 is 3.38. The number of carbonyl (C=O) groups is 1. The number of rotatable bonds is 2. The molecule has 3 unspecified atom stereocenters. The third-order valence-corrected chi connectivity index (χ3v) is 3.77. The van der Waals surface area contributed by atoms with E-state index in [0.29, 0.717) is 33.0 Å². The standard InChI is InChI=1S/C11H18BrNO4/c1-8-6-17-9(4-12)5-13(8)11(14)10-7-15-2-3-16-10/h8-10H,2-7H2,1H3. The summed E-state index contributed by atoms with van der Waals surface area (Å²) in [5, 5.41) is 0.742. The maximum absolute atomic E-state index is 12.3. The molecular weight excluding hydrogens is 290 g/mol. The molecule has 0 N–H and O–H groups in total. The van der Waals surface area contributed by atoms with Gasteiger partial charge in [0.2, 0.25) is 0 Å². The molecule has 0 aromatic carbocycles. The zero-order valence-electron chi connectivity index (χ0n) is 9.93. The molecule has 0 aromatic rings. The van der Waals surface area contributed by atoms with E-state index in [0.717, 1.165) is 5.33 Å². The van der Waals surface area contributed by atoms with E-state index in [-0.39, 0.29) is 18.1 Å². The van der Waals surface area contributed by atoms with E-state index >= 15 is 0 Å². The summed E-state index contributed by atoms with van der Waals surface area (Å²) in [6, 6.07) is 0.100. The van der Waals surface area contributed by atoms with Crippen molar-refractivity contribution >= 4 is 21.8 Å². The predicted molar refractivity (Wildman–Crippen MR) is 65.3 cm³/mol. The monoisotopic (exact) mass is 307 g/mol. The maximum atomic E-state index is 12.3. The molecule has 17 heavy (non-hydrogen) atoms. The van der Waals surface area contributed by atoms with Crippen LogP contribution in [0.15, 0.2) is 0 Å². The highest BCUT2D eigenvalue weighted by Gasteiger charge is 2.34. The second-order valence-electron chi connectivity index (χ2n) is 4.38. The van der Waals surface area contributed by atoms with Gasteiger partial charge in [-0.1, -0.05) is 15.9 Å². The van der Waals surface area contributed by atoms with Crippen LogP contribution in [0.25, 0.3) is 0 Å². The van der Waals surface area contributed by atoms with Crippen molar-refractivity contribution in [3.63, 3.8) is 0 Å². The molecule has 6 heteroatoms. The van der Waals surface area contributed by atoms with Gasteiger partial charge in [0, 0.05) is 11.9 Å². The minimum absolute atomic E-state index is 0.0199. The molecule has 98 valence electrons. The first-order valence-electron chi connectivity index (χ1n) is 5.89. The van der Waals surface area contributed by atoms with Gasteiger partial charge in [-0.2, -0.15) is 0 Å². The first-order valence-corrected chi connectivity index (χ1v) is 7.02. The zero-order valence-corrected chi connectivity index (χ0v) is 11.5. The number of hydrogen-bond donors (Lipinski definition) is 0. The van der Waals surface area contributed by atoms with Gasteiger partial charge in [-0.25, -0.2) is 0 Å². The van der Waals surface area contributed by atoms with Gasteiger partial charge in [0.15, 0.2) is 6.10 Å². The molecule has 2 aliphatic heterocycles. The molecule has 0 aliphatic carbocycles. The average molecular weight is 308 g/mol. The summed E-state index contributed by atoms with van der Waals surface area (Å²) in [7, 11) is 0. The molecule has 2 aliphatic rings. The molecule has 0 saturated carbocycles. The highest BCUT2D eigenvalue weighted by molar-refractivity contribution is 9.09. The molecular formula is C11H18BrNO4. The normalized spacial score (nSPS) is 34.7. The number of nitrogens with zero attached hydrogens (tertiary/aromatic N) is 1. The van der Waals surface area contributed by atoms with Crippen molar-refractivity contribution in [3.8, 4) is 0 Å². The number of hydrogen-bond acceptors (Lipinski definition) is 4. The van der Waals surface area contributed by atoms with Crippen molar-refractivity contribution in [3.05, 3.63) is 0 Å². The van der Waals surface area contributed by atoms with Gasteiger partial charge in [-0.3, -0.25) is 4.79 Å². The smallest absolute Gasteiger partial charge is 0.254 e. The fraction of sp³-hybridized carbons (Fsp3) is 0.909. The van der Waals surface area contributed by atoms with Crippen molar-refractivity contribution in [2.24, 2.45) is 0 Å². The summed E-state index contributed by atoms with van der Waals surface area (Å²) in [6.07, 6.45) is -0.375. The summed E-state index contributed by atoms with van der Waals surface area (Å²) < 4.78 is 16.3. The Labute approximate surface area is 110 Å². The van der Waals surface area contributed by atoms with E-state index in [2.05, 4.69) is 15.9 Å². The number of amides is 1. The lowest BCUT2D eigenvalue weighted by Crippen LogP contribution is -2.56. The largest absolute Gasteiger partial charge is 0.376 e. The number of ether oxygens (including phenoxy) is 3.